The van der Waals surface area contributed by atoms with Gasteiger partial charge in [0.2, 0.25) is 0 Å². The van der Waals surface area contributed by atoms with Gasteiger partial charge >= 0.3 is 17.9 Å². The standard InChI is InChI=1S/C74H142O6/c1-4-7-10-13-16-18-20-22-24-26-28-30-32-33-34-35-36-37-38-39-40-42-43-45-47-49-51-53-55-58-61-64-67-73(76)79-70-71(69-78-72(75)66-63-60-57-15-12-9-6-3)80-74(77)68-65-62-59-56-54-52-50-48-46-44-41-31-29-27-25-23-21-19-17-14-11-8-5-2/h27,29,71H,4-26,28,30-70H2,1-3H3/b29-27-. The molecule has 0 spiro atoms. The summed E-state index contributed by atoms with van der Waals surface area (Å²) in [7, 11) is 0. The predicted molar refractivity (Wildman–Crippen MR) is 349 cm³/mol. The van der Waals surface area contributed by atoms with Gasteiger partial charge in [0, 0.05) is 19.3 Å². The second-order valence-corrected chi connectivity index (χ2v) is 25.2. The van der Waals surface area contributed by atoms with Crippen LogP contribution in [0, 0.1) is 0 Å². The molecular weight excluding hydrogens is 985 g/mol. The van der Waals surface area contributed by atoms with E-state index in [1.807, 2.05) is 0 Å². The Kier molecular flexibility index (Phi) is 68.0. The summed E-state index contributed by atoms with van der Waals surface area (Å²) in [5.74, 6) is -0.840. The summed E-state index contributed by atoms with van der Waals surface area (Å²) in [5, 5.41) is 0. The van der Waals surface area contributed by atoms with Crippen LogP contribution in [0.5, 0.6) is 0 Å². The van der Waals surface area contributed by atoms with E-state index in [0.29, 0.717) is 19.3 Å². The van der Waals surface area contributed by atoms with E-state index < -0.39 is 6.10 Å². The molecule has 0 N–H and O–H groups in total. The first-order chi connectivity index (χ1) is 39.5. The van der Waals surface area contributed by atoms with E-state index in [2.05, 4.69) is 32.9 Å². The molecule has 0 aliphatic heterocycles. The Hall–Kier alpha value is -1.85. The summed E-state index contributed by atoms with van der Waals surface area (Å²) >= 11 is 0. The Balaban J connectivity index is 3.95. The number of allylic oxidation sites excluding steroid dienone is 2. The number of esters is 3. The van der Waals surface area contributed by atoms with E-state index in [1.165, 1.54) is 327 Å². The summed E-state index contributed by atoms with van der Waals surface area (Å²) in [6.07, 6.45) is 84.4. The molecule has 0 fully saturated rings. The Morgan fingerprint density at radius 1 is 0.237 bits per heavy atom. The zero-order valence-corrected chi connectivity index (χ0v) is 54.6. The highest BCUT2D eigenvalue weighted by Gasteiger charge is 2.20. The minimum atomic E-state index is -0.765. The van der Waals surface area contributed by atoms with Crippen molar-refractivity contribution in [3.8, 4) is 0 Å². The first kappa shape index (κ1) is 78.1. The van der Waals surface area contributed by atoms with Crippen molar-refractivity contribution in [1.29, 1.82) is 0 Å². The number of unbranched alkanes of at least 4 members (excludes halogenated alkanes) is 56. The van der Waals surface area contributed by atoms with E-state index in [4.69, 9.17) is 14.2 Å². The number of carbonyl (C=O) groups excluding carboxylic acids is 3. The monoisotopic (exact) mass is 1130 g/mol. The van der Waals surface area contributed by atoms with Crippen LogP contribution in [0.2, 0.25) is 0 Å². The average Bonchev–Trinajstić information content (AvgIpc) is 3.46. The summed E-state index contributed by atoms with van der Waals surface area (Å²) < 4.78 is 16.9. The maximum Gasteiger partial charge on any atom is 0.306 e. The van der Waals surface area contributed by atoms with Gasteiger partial charge in [0.1, 0.15) is 13.2 Å². The van der Waals surface area contributed by atoms with Crippen LogP contribution in [0.3, 0.4) is 0 Å². The molecule has 0 saturated carbocycles. The fourth-order valence-corrected chi connectivity index (χ4v) is 11.5. The van der Waals surface area contributed by atoms with Gasteiger partial charge < -0.3 is 14.2 Å². The molecule has 0 heterocycles. The highest BCUT2D eigenvalue weighted by atomic mass is 16.6. The third-order valence-electron chi connectivity index (χ3n) is 17.0. The van der Waals surface area contributed by atoms with E-state index in [1.54, 1.807) is 0 Å². The lowest BCUT2D eigenvalue weighted by molar-refractivity contribution is -0.167. The first-order valence-electron chi connectivity index (χ1n) is 36.7. The minimum absolute atomic E-state index is 0.0641. The van der Waals surface area contributed by atoms with Crippen molar-refractivity contribution < 1.29 is 28.6 Å². The van der Waals surface area contributed by atoms with E-state index in [-0.39, 0.29) is 31.1 Å². The fourth-order valence-electron chi connectivity index (χ4n) is 11.5. The molecule has 0 rings (SSSR count). The molecule has 6 heteroatoms. The van der Waals surface area contributed by atoms with Crippen molar-refractivity contribution in [2.24, 2.45) is 0 Å². The van der Waals surface area contributed by atoms with Gasteiger partial charge in [0.15, 0.2) is 6.10 Å². The molecule has 0 aliphatic rings. The van der Waals surface area contributed by atoms with Gasteiger partial charge in [-0.25, -0.2) is 0 Å². The Bertz CT molecular complexity index is 1250. The Labute approximate surface area is 501 Å². The lowest BCUT2D eigenvalue weighted by Gasteiger charge is -2.18. The number of ether oxygens (including phenoxy) is 3. The molecule has 0 saturated heterocycles. The molecule has 0 bridgehead atoms. The van der Waals surface area contributed by atoms with Crippen LogP contribution in [0.1, 0.15) is 425 Å². The minimum Gasteiger partial charge on any atom is -0.462 e. The molecule has 0 radical (unpaired) electrons. The summed E-state index contributed by atoms with van der Waals surface area (Å²) in [6, 6.07) is 0. The number of hydrogen-bond donors (Lipinski definition) is 0. The third kappa shape index (κ3) is 66.9. The van der Waals surface area contributed by atoms with E-state index in [0.717, 1.165) is 57.8 Å². The summed E-state index contributed by atoms with van der Waals surface area (Å²) in [4.78, 5) is 38.2. The van der Waals surface area contributed by atoms with Crippen LogP contribution in [0.15, 0.2) is 12.2 Å². The molecule has 0 aromatic heterocycles. The normalized spacial score (nSPS) is 12.0. The topological polar surface area (TPSA) is 78.9 Å². The van der Waals surface area contributed by atoms with Crippen LogP contribution < -0.4 is 0 Å². The quantitative estimate of drug-likeness (QED) is 0.0261. The second-order valence-electron chi connectivity index (χ2n) is 25.2. The van der Waals surface area contributed by atoms with Crippen molar-refractivity contribution in [1.82, 2.24) is 0 Å². The van der Waals surface area contributed by atoms with E-state index >= 15 is 0 Å². The molecule has 1 atom stereocenters. The van der Waals surface area contributed by atoms with Crippen LogP contribution in [0.4, 0.5) is 0 Å². The molecule has 474 valence electrons. The lowest BCUT2D eigenvalue weighted by atomic mass is 10.0. The van der Waals surface area contributed by atoms with E-state index in [9.17, 15) is 14.4 Å². The molecule has 6 nitrogen and oxygen atoms in total. The summed E-state index contributed by atoms with van der Waals surface area (Å²) in [6.45, 7) is 6.68. The maximum atomic E-state index is 12.9. The van der Waals surface area contributed by atoms with Gasteiger partial charge in [-0.1, -0.05) is 373 Å². The van der Waals surface area contributed by atoms with Crippen LogP contribution in [-0.4, -0.2) is 37.2 Å². The zero-order valence-electron chi connectivity index (χ0n) is 54.6. The molecule has 0 aromatic rings. The van der Waals surface area contributed by atoms with Crippen LogP contribution >= 0.6 is 0 Å². The molecular formula is C74H142O6. The fraction of sp³-hybridized carbons (Fsp3) is 0.932. The van der Waals surface area contributed by atoms with Crippen LogP contribution in [0.25, 0.3) is 0 Å². The predicted octanol–water partition coefficient (Wildman–Crippen LogP) is 25.2. The molecule has 0 aliphatic carbocycles. The maximum absolute atomic E-state index is 12.9. The van der Waals surface area contributed by atoms with Crippen molar-refractivity contribution in [3.63, 3.8) is 0 Å². The van der Waals surface area contributed by atoms with Gasteiger partial charge in [0.05, 0.1) is 0 Å². The summed E-state index contributed by atoms with van der Waals surface area (Å²) in [5.41, 5.74) is 0. The van der Waals surface area contributed by atoms with Gasteiger partial charge in [-0.15, -0.1) is 0 Å². The smallest absolute Gasteiger partial charge is 0.306 e. The largest absolute Gasteiger partial charge is 0.462 e. The Morgan fingerprint density at radius 2 is 0.412 bits per heavy atom. The number of rotatable bonds is 69. The number of carbonyl (C=O) groups is 3. The SMILES string of the molecule is CCCCCCCCCC/C=C\CCCCCCCCCCCCCC(=O)OC(COC(=O)CCCCCCCCC)COC(=O)CCCCCCCCCCCCCCCCCCCCCCCCCCCCCCCCCC. The Morgan fingerprint density at radius 3 is 0.625 bits per heavy atom. The third-order valence-corrected chi connectivity index (χ3v) is 17.0. The molecule has 80 heavy (non-hydrogen) atoms. The molecule has 0 aromatic carbocycles. The van der Waals surface area contributed by atoms with Crippen LogP contribution in [-0.2, 0) is 28.6 Å². The van der Waals surface area contributed by atoms with Crippen molar-refractivity contribution in [2.45, 2.75) is 431 Å². The number of hydrogen-bond acceptors (Lipinski definition) is 6. The molecule has 0 amide bonds. The van der Waals surface area contributed by atoms with Crippen molar-refractivity contribution in [2.75, 3.05) is 13.2 Å². The van der Waals surface area contributed by atoms with Gasteiger partial charge in [-0.2, -0.15) is 0 Å². The first-order valence-corrected chi connectivity index (χ1v) is 36.7. The van der Waals surface area contributed by atoms with Gasteiger partial charge in [0.25, 0.3) is 0 Å². The zero-order chi connectivity index (χ0) is 57.8. The average molecular weight is 1130 g/mol. The van der Waals surface area contributed by atoms with Crippen molar-refractivity contribution in [3.05, 3.63) is 12.2 Å². The van der Waals surface area contributed by atoms with Gasteiger partial charge in [-0.3, -0.25) is 14.4 Å². The van der Waals surface area contributed by atoms with Crippen molar-refractivity contribution >= 4 is 17.9 Å². The highest BCUT2D eigenvalue weighted by molar-refractivity contribution is 5.71. The second kappa shape index (κ2) is 69.6. The molecule has 1 unspecified atom stereocenters. The lowest BCUT2D eigenvalue weighted by Crippen LogP contribution is -2.30. The highest BCUT2D eigenvalue weighted by Crippen LogP contribution is 2.19. The van der Waals surface area contributed by atoms with Gasteiger partial charge in [-0.05, 0) is 44.9 Å².